The third kappa shape index (κ3) is 3.07. The Morgan fingerprint density at radius 3 is 2.96 bits per heavy atom. The lowest BCUT2D eigenvalue weighted by Crippen LogP contribution is -2.36. The van der Waals surface area contributed by atoms with Gasteiger partial charge in [0.1, 0.15) is 11.6 Å². The van der Waals surface area contributed by atoms with Crippen LogP contribution >= 0.6 is 0 Å². The van der Waals surface area contributed by atoms with Crippen LogP contribution in [0.3, 0.4) is 0 Å². The van der Waals surface area contributed by atoms with Gasteiger partial charge in [-0.2, -0.15) is 0 Å². The number of aryl methyl sites for hydroxylation is 1. The van der Waals surface area contributed by atoms with E-state index in [0.29, 0.717) is 18.8 Å². The van der Waals surface area contributed by atoms with E-state index < -0.39 is 0 Å². The molecule has 4 rings (SSSR count). The Bertz CT molecular complexity index is 882. The third-order valence-electron chi connectivity index (χ3n) is 4.44. The van der Waals surface area contributed by atoms with Gasteiger partial charge < -0.3 is 14.4 Å². The fraction of sp³-hybridized carbons (Fsp3) is 0.316. The molecule has 0 unspecified atom stereocenters. The second-order valence-electron chi connectivity index (χ2n) is 6.28. The molecular weight excluding hydrogens is 316 g/mol. The quantitative estimate of drug-likeness (QED) is 0.794. The number of nitrogens with one attached hydrogen (secondary N) is 1. The Kier molecular flexibility index (Phi) is 4.09. The van der Waals surface area contributed by atoms with Crippen molar-refractivity contribution in [2.45, 2.75) is 32.7 Å². The van der Waals surface area contributed by atoms with Crippen molar-refractivity contribution in [3.63, 3.8) is 0 Å². The zero-order chi connectivity index (χ0) is 17.2. The number of nitrogens with zero attached hydrogens (tertiary/aromatic N) is 3. The molecule has 0 fully saturated rings. The number of H-pyrrole nitrogens is 1. The number of fused-ring (bicyclic) bond motifs is 1. The highest BCUT2D eigenvalue weighted by Gasteiger charge is 2.26. The molecule has 3 heterocycles. The van der Waals surface area contributed by atoms with Gasteiger partial charge in [-0.1, -0.05) is 42.4 Å². The van der Waals surface area contributed by atoms with Gasteiger partial charge in [-0.05, 0) is 6.42 Å². The van der Waals surface area contributed by atoms with Crippen molar-refractivity contribution in [1.29, 1.82) is 0 Å². The van der Waals surface area contributed by atoms with Gasteiger partial charge in [0.2, 0.25) is 0 Å². The van der Waals surface area contributed by atoms with E-state index in [1.165, 1.54) is 0 Å². The zero-order valence-electron chi connectivity index (χ0n) is 14.2. The largest absolute Gasteiger partial charge is 0.361 e. The number of rotatable bonds is 4. The van der Waals surface area contributed by atoms with Crippen molar-refractivity contribution >= 4 is 5.91 Å². The molecular formula is C19H20N4O2. The minimum Gasteiger partial charge on any atom is -0.361 e. The summed E-state index contributed by atoms with van der Waals surface area (Å²) >= 11 is 0. The predicted molar refractivity (Wildman–Crippen MR) is 93.0 cm³/mol. The van der Waals surface area contributed by atoms with E-state index in [2.05, 4.69) is 22.0 Å². The molecule has 128 valence electrons. The summed E-state index contributed by atoms with van der Waals surface area (Å²) < 4.78 is 5.23. The second-order valence-corrected chi connectivity index (χ2v) is 6.28. The second kappa shape index (κ2) is 6.55. The lowest BCUT2D eigenvalue weighted by molar-refractivity contribution is 0.0721. The van der Waals surface area contributed by atoms with Crippen LogP contribution in [0.5, 0.6) is 0 Å². The van der Waals surface area contributed by atoms with Crippen LogP contribution in [0.2, 0.25) is 0 Å². The minimum atomic E-state index is -0.0902. The molecule has 3 aromatic rings. The summed E-state index contributed by atoms with van der Waals surface area (Å²) in [4.78, 5) is 22.5. The molecule has 1 aliphatic rings. The SMILES string of the molecule is CCCc1cc(C(=O)N2CCc3nc(-c4ccccc4)[nH]c3C2)no1. The van der Waals surface area contributed by atoms with E-state index in [1.807, 2.05) is 30.3 Å². The first-order valence-electron chi connectivity index (χ1n) is 8.62. The summed E-state index contributed by atoms with van der Waals surface area (Å²) in [6, 6.07) is 11.8. The van der Waals surface area contributed by atoms with Crippen molar-refractivity contribution in [3.8, 4) is 11.4 Å². The predicted octanol–water partition coefficient (Wildman–Crippen LogP) is 3.22. The molecule has 0 spiro atoms. The van der Waals surface area contributed by atoms with Gasteiger partial charge in [-0.25, -0.2) is 4.98 Å². The Morgan fingerprint density at radius 2 is 2.16 bits per heavy atom. The normalized spacial score (nSPS) is 13.7. The summed E-state index contributed by atoms with van der Waals surface area (Å²) in [6.07, 6.45) is 2.50. The average Bonchev–Trinajstić information content (AvgIpc) is 3.28. The number of hydrogen-bond acceptors (Lipinski definition) is 4. The van der Waals surface area contributed by atoms with E-state index in [1.54, 1.807) is 11.0 Å². The fourth-order valence-electron chi connectivity index (χ4n) is 3.14. The van der Waals surface area contributed by atoms with Crippen LogP contribution in [0, 0.1) is 0 Å². The number of imidazole rings is 1. The highest BCUT2D eigenvalue weighted by Crippen LogP contribution is 2.23. The van der Waals surface area contributed by atoms with Crippen LogP contribution in [-0.2, 0) is 19.4 Å². The number of carbonyl (C=O) groups is 1. The number of aromatic nitrogens is 3. The van der Waals surface area contributed by atoms with Crippen molar-refractivity contribution in [3.05, 3.63) is 59.2 Å². The van der Waals surface area contributed by atoms with Crippen molar-refractivity contribution < 1.29 is 9.32 Å². The summed E-state index contributed by atoms with van der Waals surface area (Å²) in [5, 5.41) is 3.93. The Hall–Kier alpha value is -2.89. The molecule has 1 N–H and O–H groups in total. The molecule has 1 aliphatic heterocycles. The molecule has 0 saturated heterocycles. The van der Waals surface area contributed by atoms with Crippen LogP contribution in [0.1, 0.15) is 41.0 Å². The molecule has 6 heteroatoms. The van der Waals surface area contributed by atoms with Gasteiger partial charge in [0.05, 0.1) is 17.9 Å². The van der Waals surface area contributed by atoms with Gasteiger partial charge in [0.25, 0.3) is 5.91 Å². The maximum atomic E-state index is 12.7. The molecule has 0 atom stereocenters. The highest BCUT2D eigenvalue weighted by molar-refractivity contribution is 5.92. The lowest BCUT2D eigenvalue weighted by Gasteiger charge is -2.25. The molecule has 1 amide bonds. The molecule has 6 nitrogen and oxygen atoms in total. The number of hydrogen-bond donors (Lipinski definition) is 1. The maximum absolute atomic E-state index is 12.7. The first kappa shape index (κ1) is 15.6. The van der Waals surface area contributed by atoms with E-state index in [-0.39, 0.29) is 5.91 Å². The summed E-state index contributed by atoms with van der Waals surface area (Å²) in [5.41, 5.74) is 3.47. The first-order chi connectivity index (χ1) is 12.2. The fourth-order valence-corrected chi connectivity index (χ4v) is 3.14. The van der Waals surface area contributed by atoms with Crippen LogP contribution < -0.4 is 0 Å². The van der Waals surface area contributed by atoms with E-state index in [9.17, 15) is 4.79 Å². The summed E-state index contributed by atoms with van der Waals surface area (Å²) in [7, 11) is 0. The van der Waals surface area contributed by atoms with Gasteiger partial charge in [0.15, 0.2) is 5.69 Å². The third-order valence-corrected chi connectivity index (χ3v) is 4.44. The molecule has 1 aromatic carbocycles. The van der Waals surface area contributed by atoms with Crippen molar-refractivity contribution in [2.75, 3.05) is 6.54 Å². The standard InChI is InChI=1S/C19H20N4O2/c1-2-6-14-11-16(22-25-14)19(24)23-10-9-15-17(12-23)21-18(20-15)13-7-4-3-5-8-13/h3-5,7-8,11H,2,6,9-10,12H2,1H3,(H,20,21). The topological polar surface area (TPSA) is 75.0 Å². The first-order valence-corrected chi connectivity index (χ1v) is 8.62. The lowest BCUT2D eigenvalue weighted by atomic mass is 10.1. The van der Waals surface area contributed by atoms with E-state index in [4.69, 9.17) is 4.52 Å². The highest BCUT2D eigenvalue weighted by atomic mass is 16.5. The average molecular weight is 336 g/mol. The van der Waals surface area contributed by atoms with Gasteiger partial charge >= 0.3 is 0 Å². The van der Waals surface area contributed by atoms with Crippen LogP contribution in [0.25, 0.3) is 11.4 Å². The Morgan fingerprint density at radius 1 is 1.32 bits per heavy atom. The van der Waals surface area contributed by atoms with Crippen LogP contribution in [0.4, 0.5) is 0 Å². The van der Waals surface area contributed by atoms with Gasteiger partial charge in [0, 0.05) is 31.0 Å². The smallest absolute Gasteiger partial charge is 0.276 e. The van der Waals surface area contributed by atoms with Crippen molar-refractivity contribution in [2.24, 2.45) is 0 Å². The van der Waals surface area contributed by atoms with E-state index in [0.717, 1.165) is 47.8 Å². The van der Waals surface area contributed by atoms with Gasteiger partial charge in [-0.3, -0.25) is 4.79 Å². The van der Waals surface area contributed by atoms with Gasteiger partial charge in [-0.15, -0.1) is 0 Å². The number of amides is 1. The Labute approximate surface area is 145 Å². The number of aromatic amines is 1. The monoisotopic (exact) mass is 336 g/mol. The van der Waals surface area contributed by atoms with Crippen molar-refractivity contribution in [1.82, 2.24) is 20.0 Å². The number of benzene rings is 1. The maximum Gasteiger partial charge on any atom is 0.276 e. The summed E-state index contributed by atoms with van der Waals surface area (Å²) in [6.45, 7) is 3.23. The molecule has 0 bridgehead atoms. The van der Waals surface area contributed by atoms with Crippen LogP contribution in [-0.4, -0.2) is 32.5 Å². The molecule has 25 heavy (non-hydrogen) atoms. The number of carbonyl (C=O) groups excluding carboxylic acids is 1. The van der Waals surface area contributed by atoms with Crippen LogP contribution in [0.15, 0.2) is 40.9 Å². The molecule has 0 saturated carbocycles. The Balaban J connectivity index is 1.52. The molecule has 2 aromatic heterocycles. The summed E-state index contributed by atoms with van der Waals surface area (Å²) in [5.74, 6) is 1.52. The zero-order valence-corrected chi connectivity index (χ0v) is 14.2. The molecule has 0 radical (unpaired) electrons. The minimum absolute atomic E-state index is 0.0902. The molecule has 0 aliphatic carbocycles. The van der Waals surface area contributed by atoms with E-state index >= 15 is 0 Å².